The standard InChI is InChI=1S/C20H20FNO3/c21-16-9-7-15(8-10-16)18(14-5-2-1-3-6-14)22-17(23)13-20(19(24)25)11-4-12-20/h1-3,5-10,18H,4,11-13H2,(H,22,23)(H,24,25). The number of benzene rings is 2. The van der Waals surface area contributed by atoms with Crippen molar-refractivity contribution in [2.45, 2.75) is 31.7 Å². The van der Waals surface area contributed by atoms with Crippen LogP contribution in [0, 0.1) is 11.2 Å². The van der Waals surface area contributed by atoms with E-state index in [2.05, 4.69) is 5.32 Å². The van der Waals surface area contributed by atoms with Crippen LogP contribution >= 0.6 is 0 Å². The van der Waals surface area contributed by atoms with Crippen LogP contribution in [0.4, 0.5) is 4.39 Å². The first kappa shape index (κ1) is 17.1. The molecule has 0 aliphatic heterocycles. The minimum Gasteiger partial charge on any atom is -0.481 e. The Bertz CT molecular complexity index is 754. The van der Waals surface area contributed by atoms with E-state index in [1.165, 1.54) is 12.1 Å². The van der Waals surface area contributed by atoms with Gasteiger partial charge in [0.05, 0.1) is 11.5 Å². The highest BCUT2D eigenvalue weighted by Gasteiger charge is 2.46. The largest absolute Gasteiger partial charge is 0.481 e. The number of carboxylic acids is 1. The van der Waals surface area contributed by atoms with Gasteiger partial charge in [0.15, 0.2) is 0 Å². The molecule has 0 spiro atoms. The van der Waals surface area contributed by atoms with E-state index in [9.17, 15) is 19.1 Å². The number of amides is 1. The Hall–Kier alpha value is -2.69. The van der Waals surface area contributed by atoms with Crippen molar-refractivity contribution in [2.24, 2.45) is 5.41 Å². The van der Waals surface area contributed by atoms with Crippen molar-refractivity contribution in [3.8, 4) is 0 Å². The lowest BCUT2D eigenvalue weighted by Gasteiger charge is -2.37. The van der Waals surface area contributed by atoms with Crippen molar-refractivity contribution < 1.29 is 19.1 Å². The summed E-state index contributed by atoms with van der Waals surface area (Å²) in [7, 11) is 0. The van der Waals surface area contributed by atoms with Crippen molar-refractivity contribution in [3.05, 3.63) is 71.5 Å². The highest BCUT2D eigenvalue weighted by Crippen LogP contribution is 2.44. The molecule has 3 rings (SSSR count). The zero-order chi connectivity index (χ0) is 17.9. The van der Waals surface area contributed by atoms with Crippen LogP contribution in [0.2, 0.25) is 0 Å². The number of hydrogen-bond acceptors (Lipinski definition) is 2. The fraction of sp³-hybridized carbons (Fsp3) is 0.300. The lowest BCUT2D eigenvalue weighted by molar-refractivity contribution is -0.157. The summed E-state index contributed by atoms with van der Waals surface area (Å²) in [6, 6.07) is 14.9. The Kier molecular flexibility index (Phi) is 4.83. The van der Waals surface area contributed by atoms with Crippen molar-refractivity contribution >= 4 is 11.9 Å². The topological polar surface area (TPSA) is 66.4 Å². The molecular weight excluding hydrogens is 321 g/mol. The second-order valence-corrected chi connectivity index (χ2v) is 6.58. The van der Waals surface area contributed by atoms with Gasteiger partial charge in [-0.25, -0.2) is 4.39 Å². The van der Waals surface area contributed by atoms with Gasteiger partial charge in [0.1, 0.15) is 5.82 Å². The van der Waals surface area contributed by atoms with Crippen molar-refractivity contribution in [2.75, 3.05) is 0 Å². The molecule has 4 nitrogen and oxygen atoms in total. The van der Waals surface area contributed by atoms with Crippen LogP contribution in [-0.4, -0.2) is 17.0 Å². The minimum atomic E-state index is -0.936. The van der Waals surface area contributed by atoms with E-state index in [1.54, 1.807) is 12.1 Å². The molecule has 0 saturated heterocycles. The zero-order valence-electron chi connectivity index (χ0n) is 13.7. The molecule has 130 valence electrons. The Morgan fingerprint density at radius 1 is 1.04 bits per heavy atom. The van der Waals surface area contributed by atoms with Gasteiger partial charge in [0, 0.05) is 6.42 Å². The Morgan fingerprint density at radius 2 is 1.64 bits per heavy atom. The van der Waals surface area contributed by atoms with Gasteiger partial charge in [0.2, 0.25) is 5.91 Å². The van der Waals surface area contributed by atoms with E-state index in [0.717, 1.165) is 17.5 Å². The predicted octanol–water partition coefficient (Wildman–Crippen LogP) is 3.68. The smallest absolute Gasteiger partial charge is 0.310 e. The van der Waals surface area contributed by atoms with Crippen LogP contribution in [0.3, 0.4) is 0 Å². The molecule has 0 aromatic heterocycles. The summed E-state index contributed by atoms with van der Waals surface area (Å²) in [5.41, 5.74) is 0.674. The van der Waals surface area contributed by atoms with Gasteiger partial charge in [-0.2, -0.15) is 0 Å². The number of halogens is 1. The molecule has 1 fully saturated rings. The molecule has 1 saturated carbocycles. The van der Waals surface area contributed by atoms with E-state index in [4.69, 9.17) is 0 Å². The molecule has 25 heavy (non-hydrogen) atoms. The first-order valence-electron chi connectivity index (χ1n) is 8.33. The molecule has 1 amide bonds. The average molecular weight is 341 g/mol. The van der Waals surface area contributed by atoms with Crippen molar-refractivity contribution in [1.29, 1.82) is 0 Å². The fourth-order valence-electron chi connectivity index (χ4n) is 3.25. The highest BCUT2D eigenvalue weighted by atomic mass is 19.1. The minimum absolute atomic E-state index is 0.0349. The van der Waals surface area contributed by atoms with Crippen LogP contribution in [0.1, 0.15) is 42.9 Å². The van der Waals surface area contributed by atoms with Gasteiger partial charge < -0.3 is 10.4 Å². The van der Waals surface area contributed by atoms with Crippen LogP contribution in [-0.2, 0) is 9.59 Å². The van der Waals surface area contributed by atoms with Crippen molar-refractivity contribution in [3.63, 3.8) is 0 Å². The third-order valence-corrected chi connectivity index (χ3v) is 4.90. The fourth-order valence-corrected chi connectivity index (χ4v) is 3.25. The van der Waals surface area contributed by atoms with Gasteiger partial charge >= 0.3 is 5.97 Å². The molecular formula is C20H20FNO3. The second kappa shape index (κ2) is 7.05. The molecule has 0 radical (unpaired) electrons. The second-order valence-electron chi connectivity index (χ2n) is 6.58. The molecule has 1 atom stereocenters. The van der Waals surface area contributed by atoms with E-state index in [-0.39, 0.29) is 18.1 Å². The molecule has 1 aliphatic carbocycles. The predicted molar refractivity (Wildman–Crippen MR) is 91.4 cm³/mol. The Balaban J connectivity index is 1.81. The Labute approximate surface area is 145 Å². The molecule has 5 heteroatoms. The maximum Gasteiger partial charge on any atom is 0.310 e. The SMILES string of the molecule is O=C(CC1(C(=O)O)CCC1)NC(c1ccccc1)c1ccc(F)cc1. The van der Waals surface area contributed by atoms with Gasteiger partial charge in [0.25, 0.3) is 0 Å². The first-order chi connectivity index (χ1) is 12.0. The van der Waals surface area contributed by atoms with Gasteiger partial charge in [-0.3, -0.25) is 9.59 Å². The van der Waals surface area contributed by atoms with E-state index in [0.29, 0.717) is 12.8 Å². The Morgan fingerprint density at radius 3 is 2.16 bits per heavy atom. The highest BCUT2D eigenvalue weighted by molar-refractivity contribution is 5.86. The summed E-state index contributed by atoms with van der Waals surface area (Å²) in [6.45, 7) is 0. The summed E-state index contributed by atoms with van der Waals surface area (Å²) in [5.74, 6) is -1.56. The molecule has 1 unspecified atom stereocenters. The molecule has 2 aromatic carbocycles. The lowest BCUT2D eigenvalue weighted by Crippen LogP contribution is -2.43. The summed E-state index contributed by atoms with van der Waals surface area (Å²) in [5, 5.41) is 12.3. The van der Waals surface area contributed by atoms with E-state index >= 15 is 0 Å². The third-order valence-electron chi connectivity index (χ3n) is 4.90. The summed E-state index contributed by atoms with van der Waals surface area (Å²) < 4.78 is 13.2. The quantitative estimate of drug-likeness (QED) is 0.842. The van der Waals surface area contributed by atoms with Gasteiger partial charge in [-0.15, -0.1) is 0 Å². The number of carboxylic acid groups (broad SMARTS) is 1. The van der Waals surface area contributed by atoms with E-state index < -0.39 is 17.4 Å². The van der Waals surface area contributed by atoms with Crippen molar-refractivity contribution in [1.82, 2.24) is 5.32 Å². The number of carbonyl (C=O) groups is 2. The number of carbonyl (C=O) groups excluding carboxylic acids is 1. The van der Waals surface area contributed by atoms with Gasteiger partial charge in [-0.05, 0) is 36.1 Å². The average Bonchev–Trinajstić information content (AvgIpc) is 2.57. The molecule has 0 bridgehead atoms. The molecule has 2 N–H and O–H groups in total. The molecule has 0 heterocycles. The summed E-state index contributed by atoms with van der Waals surface area (Å²) in [4.78, 5) is 24.0. The maximum atomic E-state index is 13.2. The lowest BCUT2D eigenvalue weighted by atomic mass is 9.66. The summed E-state index contributed by atoms with van der Waals surface area (Å²) in [6.07, 6.45) is 1.86. The zero-order valence-corrected chi connectivity index (χ0v) is 13.7. The molecule has 1 aliphatic rings. The normalized spacial score (nSPS) is 16.5. The number of nitrogens with one attached hydrogen (secondary N) is 1. The van der Waals surface area contributed by atoms with Gasteiger partial charge in [-0.1, -0.05) is 48.9 Å². The van der Waals surface area contributed by atoms with Crippen LogP contribution in [0.5, 0.6) is 0 Å². The number of rotatable bonds is 6. The molecule has 2 aromatic rings. The third kappa shape index (κ3) is 3.71. The number of aliphatic carboxylic acids is 1. The number of hydrogen-bond donors (Lipinski definition) is 2. The van der Waals surface area contributed by atoms with Crippen LogP contribution in [0.15, 0.2) is 54.6 Å². The van der Waals surface area contributed by atoms with Crippen LogP contribution in [0.25, 0.3) is 0 Å². The summed E-state index contributed by atoms with van der Waals surface area (Å²) >= 11 is 0. The first-order valence-corrected chi connectivity index (χ1v) is 8.33. The monoisotopic (exact) mass is 341 g/mol. The van der Waals surface area contributed by atoms with Crippen LogP contribution < -0.4 is 5.32 Å². The maximum absolute atomic E-state index is 13.2. The van der Waals surface area contributed by atoms with E-state index in [1.807, 2.05) is 30.3 Å².